The summed E-state index contributed by atoms with van der Waals surface area (Å²) in [5.41, 5.74) is 4.31. The monoisotopic (exact) mass is 345 g/mol. The third-order valence-electron chi connectivity index (χ3n) is 4.99. The smallest absolute Gasteiger partial charge is 0.246 e. The minimum Gasteiger partial charge on any atom is -0.342 e. The highest BCUT2D eigenvalue weighted by molar-refractivity contribution is 5.92. The standard InChI is InChI=1S/C22H23N3O/c1-16-6-4-7-17(14-16)11-12-21(26)25-13-5-8-18(15-25)22-23-19-9-2-3-10-20(19)24-22/h2-4,6-7,9-12,14,18H,5,8,13,15H2,1H3,(H,23,24)/b12-11+. The number of imidazole rings is 1. The molecule has 2 aromatic carbocycles. The molecular formula is C22H23N3O. The molecule has 1 unspecified atom stereocenters. The predicted octanol–water partition coefficient (Wildman–Crippen LogP) is 4.29. The fraction of sp³-hybridized carbons (Fsp3) is 0.273. The van der Waals surface area contributed by atoms with Gasteiger partial charge in [0.05, 0.1) is 11.0 Å². The van der Waals surface area contributed by atoms with E-state index in [1.807, 2.05) is 47.4 Å². The van der Waals surface area contributed by atoms with E-state index in [2.05, 4.69) is 24.0 Å². The molecule has 1 N–H and O–H groups in total. The zero-order chi connectivity index (χ0) is 17.9. The molecule has 26 heavy (non-hydrogen) atoms. The lowest BCUT2D eigenvalue weighted by molar-refractivity contribution is -0.127. The first-order valence-corrected chi connectivity index (χ1v) is 9.17. The van der Waals surface area contributed by atoms with Crippen molar-refractivity contribution >= 4 is 23.0 Å². The summed E-state index contributed by atoms with van der Waals surface area (Å²) in [6.07, 6.45) is 5.66. The van der Waals surface area contributed by atoms with Crippen LogP contribution < -0.4 is 0 Å². The number of H-pyrrole nitrogens is 1. The summed E-state index contributed by atoms with van der Waals surface area (Å²) in [6, 6.07) is 16.2. The van der Waals surface area contributed by atoms with Crippen LogP contribution in [0.5, 0.6) is 0 Å². The number of likely N-dealkylation sites (tertiary alicyclic amines) is 1. The summed E-state index contributed by atoms with van der Waals surface area (Å²) in [4.78, 5) is 22.7. The molecule has 1 aromatic heterocycles. The Hall–Kier alpha value is -2.88. The molecule has 0 radical (unpaired) electrons. The van der Waals surface area contributed by atoms with Crippen LogP contribution in [0.1, 0.15) is 35.7 Å². The number of rotatable bonds is 3. The van der Waals surface area contributed by atoms with E-state index >= 15 is 0 Å². The van der Waals surface area contributed by atoms with Gasteiger partial charge < -0.3 is 9.88 Å². The maximum atomic E-state index is 12.6. The number of nitrogens with zero attached hydrogens (tertiary/aromatic N) is 2. The Bertz CT molecular complexity index is 924. The van der Waals surface area contributed by atoms with Crippen molar-refractivity contribution in [3.63, 3.8) is 0 Å². The molecule has 1 aliphatic rings. The molecule has 0 saturated carbocycles. The molecule has 1 aliphatic heterocycles. The molecule has 0 aliphatic carbocycles. The lowest BCUT2D eigenvalue weighted by Crippen LogP contribution is -2.38. The molecule has 4 heteroatoms. The topological polar surface area (TPSA) is 49.0 Å². The number of aromatic amines is 1. The van der Waals surface area contributed by atoms with Crippen molar-refractivity contribution in [1.82, 2.24) is 14.9 Å². The quantitative estimate of drug-likeness (QED) is 0.720. The lowest BCUT2D eigenvalue weighted by atomic mass is 9.97. The number of fused-ring (bicyclic) bond motifs is 1. The minimum atomic E-state index is 0.0762. The van der Waals surface area contributed by atoms with Crippen molar-refractivity contribution in [2.24, 2.45) is 0 Å². The second kappa shape index (κ2) is 7.16. The van der Waals surface area contributed by atoms with Gasteiger partial charge in [0, 0.05) is 25.1 Å². The number of piperidine rings is 1. The number of carbonyl (C=O) groups is 1. The number of aryl methyl sites for hydroxylation is 1. The highest BCUT2D eigenvalue weighted by Crippen LogP contribution is 2.27. The van der Waals surface area contributed by atoms with Crippen LogP contribution in [0.15, 0.2) is 54.6 Å². The highest BCUT2D eigenvalue weighted by atomic mass is 16.2. The average Bonchev–Trinajstić information content (AvgIpc) is 3.10. The van der Waals surface area contributed by atoms with E-state index in [4.69, 9.17) is 4.98 Å². The Morgan fingerprint density at radius 3 is 2.96 bits per heavy atom. The number of para-hydroxylation sites is 2. The summed E-state index contributed by atoms with van der Waals surface area (Å²) in [7, 11) is 0. The summed E-state index contributed by atoms with van der Waals surface area (Å²) < 4.78 is 0. The van der Waals surface area contributed by atoms with Gasteiger partial charge in [-0.15, -0.1) is 0 Å². The van der Waals surface area contributed by atoms with Gasteiger partial charge in [-0.25, -0.2) is 4.98 Å². The van der Waals surface area contributed by atoms with E-state index in [0.29, 0.717) is 0 Å². The Balaban J connectivity index is 1.46. The fourth-order valence-electron chi connectivity index (χ4n) is 3.61. The molecule has 1 fully saturated rings. The molecular weight excluding hydrogens is 322 g/mol. The number of benzene rings is 2. The van der Waals surface area contributed by atoms with Crippen LogP contribution in [0.2, 0.25) is 0 Å². The molecule has 1 atom stereocenters. The van der Waals surface area contributed by atoms with E-state index in [1.165, 1.54) is 5.56 Å². The van der Waals surface area contributed by atoms with Crippen LogP contribution in [0.25, 0.3) is 17.1 Å². The van der Waals surface area contributed by atoms with E-state index in [9.17, 15) is 4.79 Å². The SMILES string of the molecule is Cc1cccc(/C=C/C(=O)N2CCCC(c3nc4ccccc4[nH]3)C2)c1. The Kier molecular flexibility index (Phi) is 4.57. The summed E-state index contributed by atoms with van der Waals surface area (Å²) in [6.45, 7) is 3.59. The molecule has 0 spiro atoms. The van der Waals surface area contributed by atoms with Gasteiger partial charge >= 0.3 is 0 Å². The zero-order valence-corrected chi connectivity index (χ0v) is 15.0. The van der Waals surface area contributed by atoms with Crippen molar-refractivity contribution < 1.29 is 4.79 Å². The first kappa shape index (κ1) is 16.6. The first-order valence-electron chi connectivity index (χ1n) is 9.17. The Labute approximate surface area is 153 Å². The Morgan fingerprint density at radius 1 is 1.23 bits per heavy atom. The van der Waals surface area contributed by atoms with Crippen LogP contribution in [0, 0.1) is 6.92 Å². The predicted molar refractivity (Wildman–Crippen MR) is 105 cm³/mol. The number of hydrogen-bond acceptors (Lipinski definition) is 2. The molecule has 3 aromatic rings. The third-order valence-corrected chi connectivity index (χ3v) is 4.99. The van der Waals surface area contributed by atoms with Gasteiger partial charge in [-0.3, -0.25) is 4.79 Å². The minimum absolute atomic E-state index is 0.0762. The maximum absolute atomic E-state index is 12.6. The second-order valence-corrected chi connectivity index (χ2v) is 7.01. The van der Waals surface area contributed by atoms with Gasteiger partial charge in [-0.05, 0) is 43.5 Å². The fourth-order valence-corrected chi connectivity index (χ4v) is 3.61. The third kappa shape index (κ3) is 3.54. The molecule has 2 heterocycles. The van der Waals surface area contributed by atoms with Gasteiger partial charge in [0.15, 0.2) is 0 Å². The maximum Gasteiger partial charge on any atom is 0.246 e. The molecule has 1 saturated heterocycles. The van der Waals surface area contributed by atoms with Crippen molar-refractivity contribution in [3.05, 3.63) is 71.6 Å². The number of aromatic nitrogens is 2. The van der Waals surface area contributed by atoms with Crippen LogP contribution in [0.3, 0.4) is 0 Å². The van der Waals surface area contributed by atoms with Crippen molar-refractivity contribution in [3.8, 4) is 0 Å². The zero-order valence-electron chi connectivity index (χ0n) is 15.0. The van der Waals surface area contributed by atoms with E-state index in [1.54, 1.807) is 6.08 Å². The van der Waals surface area contributed by atoms with Gasteiger partial charge in [0.1, 0.15) is 5.82 Å². The Morgan fingerprint density at radius 2 is 2.12 bits per heavy atom. The van der Waals surface area contributed by atoms with Gasteiger partial charge in [0.2, 0.25) is 5.91 Å². The highest BCUT2D eigenvalue weighted by Gasteiger charge is 2.25. The first-order chi connectivity index (χ1) is 12.7. The van der Waals surface area contributed by atoms with E-state index in [0.717, 1.165) is 48.4 Å². The van der Waals surface area contributed by atoms with Crippen LogP contribution in [-0.2, 0) is 4.79 Å². The number of amides is 1. The summed E-state index contributed by atoms with van der Waals surface area (Å²) >= 11 is 0. The van der Waals surface area contributed by atoms with Crippen LogP contribution in [0.4, 0.5) is 0 Å². The van der Waals surface area contributed by atoms with Gasteiger partial charge in [-0.1, -0.05) is 42.0 Å². The second-order valence-electron chi connectivity index (χ2n) is 7.01. The lowest BCUT2D eigenvalue weighted by Gasteiger charge is -2.31. The normalized spacial score (nSPS) is 17.9. The number of hydrogen-bond donors (Lipinski definition) is 1. The van der Waals surface area contributed by atoms with Gasteiger partial charge in [-0.2, -0.15) is 0 Å². The number of carbonyl (C=O) groups excluding carboxylic acids is 1. The van der Waals surface area contributed by atoms with Crippen LogP contribution >= 0.6 is 0 Å². The van der Waals surface area contributed by atoms with Crippen molar-refractivity contribution in [2.75, 3.05) is 13.1 Å². The largest absolute Gasteiger partial charge is 0.342 e. The van der Waals surface area contributed by atoms with Gasteiger partial charge in [0.25, 0.3) is 0 Å². The van der Waals surface area contributed by atoms with Crippen molar-refractivity contribution in [2.45, 2.75) is 25.7 Å². The summed E-state index contributed by atoms with van der Waals surface area (Å²) in [5.74, 6) is 1.34. The molecule has 4 rings (SSSR count). The summed E-state index contributed by atoms with van der Waals surface area (Å²) in [5, 5.41) is 0. The number of nitrogens with one attached hydrogen (secondary N) is 1. The molecule has 132 valence electrons. The van der Waals surface area contributed by atoms with E-state index in [-0.39, 0.29) is 11.8 Å². The van der Waals surface area contributed by atoms with Crippen molar-refractivity contribution in [1.29, 1.82) is 0 Å². The molecule has 0 bridgehead atoms. The average molecular weight is 345 g/mol. The molecule has 4 nitrogen and oxygen atoms in total. The van der Waals surface area contributed by atoms with Crippen LogP contribution in [-0.4, -0.2) is 33.9 Å². The van der Waals surface area contributed by atoms with E-state index < -0.39 is 0 Å². The molecule has 1 amide bonds.